The molecule has 90 valence electrons. The topological polar surface area (TPSA) is 56.6 Å². The normalized spacial score (nSPS) is 9.94. The average Bonchev–Trinajstić information content (AvgIpc) is 2.77. The van der Waals surface area contributed by atoms with Gasteiger partial charge in [-0.15, -0.1) is 0 Å². The molecule has 2 aromatic rings. The number of nitrogens with zero attached hydrogens (tertiary/aromatic N) is 1. The zero-order chi connectivity index (χ0) is 13.0. The van der Waals surface area contributed by atoms with Gasteiger partial charge in [-0.1, -0.05) is 54.3 Å². The van der Waals surface area contributed by atoms with Gasteiger partial charge in [0.1, 0.15) is 20.5 Å². The van der Waals surface area contributed by atoms with Crippen LogP contribution in [0.2, 0.25) is 0 Å². The van der Waals surface area contributed by atoms with Gasteiger partial charge in [-0.2, -0.15) is 5.26 Å². The summed E-state index contributed by atoms with van der Waals surface area (Å²) in [6, 6.07) is 11.1. The molecule has 2 rings (SSSR count). The molecule has 0 fully saturated rings. The first kappa shape index (κ1) is 13.0. The van der Waals surface area contributed by atoms with Gasteiger partial charge in [0.2, 0.25) is 0 Å². The fourth-order valence-electron chi connectivity index (χ4n) is 1.33. The minimum atomic E-state index is 0.0370. The van der Waals surface area contributed by atoms with Gasteiger partial charge in [0.05, 0.1) is 5.75 Å². The van der Waals surface area contributed by atoms with Crippen molar-refractivity contribution in [2.75, 3.05) is 5.75 Å². The van der Waals surface area contributed by atoms with Crippen LogP contribution >= 0.6 is 35.5 Å². The largest absolute Gasteiger partial charge is 0.303 e. The van der Waals surface area contributed by atoms with Crippen molar-refractivity contribution in [1.82, 2.24) is 4.37 Å². The molecule has 0 unspecified atom stereocenters. The van der Waals surface area contributed by atoms with Crippen LogP contribution in [-0.4, -0.2) is 15.9 Å². The molecule has 18 heavy (non-hydrogen) atoms. The van der Waals surface area contributed by atoms with Crippen molar-refractivity contribution in [2.45, 2.75) is 5.03 Å². The lowest BCUT2D eigenvalue weighted by atomic mass is 10.2. The number of thioether (sulfide) groups is 1. The molecular formula is C12H8N2OS3. The van der Waals surface area contributed by atoms with Gasteiger partial charge in [-0.3, -0.25) is 4.79 Å². The third-order valence-corrected chi connectivity index (χ3v) is 4.50. The van der Waals surface area contributed by atoms with Gasteiger partial charge in [0, 0.05) is 5.56 Å². The highest BCUT2D eigenvalue weighted by Gasteiger charge is 2.11. The number of H-pyrrole nitrogens is 1. The number of hydrogen-bond acceptors (Lipinski definition) is 5. The molecule has 0 saturated carbocycles. The Morgan fingerprint density at radius 3 is 2.83 bits per heavy atom. The van der Waals surface area contributed by atoms with Crippen LogP contribution in [0.3, 0.4) is 0 Å². The van der Waals surface area contributed by atoms with Gasteiger partial charge >= 0.3 is 0 Å². The number of carbonyl (C=O) groups is 1. The molecule has 0 aliphatic rings. The highest BCUT2D eigenvalue weighted by atomic mass is 32.2. The maximum atomic E-state index is 11.9. The predicted molar refractivity (Wildman–Crippen MR) is 75.7 cm³/mol. The van der Waals surface area contributed by atoms with Crippen LogP contribution in [-0.2, 0) is 0 Å². The summed E-state index contributed by atoms with van der Waals surface area (Å²) < 4.78 is 3.49. The third-order valence-electron chi connectivity index (χ3n) is 2.22. The maximum absolute atomic E-state index is 11.9. The number of rotatable bonds is 4. The Kier molecular flexibility index (Phi) is 4.31. The monoisotopic (exact) mass is 292 g/mol. The van der Waals surface area contributed by atoms with Crippen molar-refractivity contribution in [3.63, 3.8) is 0 Å². The minimum absolute atomic E-state index is 0.0370. The van der Waals surface area contributed by atoms with E-state index in [2.05, 4.69) is 10.4 Å². The highest BCUT2D eigenvalue weighted by molar-refractivity contribution is 8.00. The Hall–Kier alpha value is -1.42. The maximum Gasteiger partial charge on any atom is 0.173 e. The SMILES string of the molecule is N#Cc1c(SCC(=O)c2ccccc2)[nH]sc1=S. The van der Waals surface area contributed by atoms with Crippen LogP contribution in [0.4, 0.5) is 0 Å². The summed E-state index contributed by atoms with van der Waals surface area (Å²) in [5, 5.41) is 9.62. The molecule has 0 atom stereocenters. The van der Waals surface area contributed by atoms with Crippen LogP contribution in [0, 0.1) is 15.2 Å². The standard InChI is InChI=1S/C12H8N2OS3/c13-6-9-11(14-18-12(9)16)17-7-10(15)8-4-2-1-3-5-8/h1-5,14H,7H2. The van der Waals surface area contributed by atoms with Gasteiger partial charge in [0.15, 0.2) is 5.78 Å². The van der Waals surface area contributed by atoms with Crippen molar-refractivity contribution in [1.29, 1.82) is 5.26 Å². The van der Waals surface area contributed by atoms with Gasteiger partial charge in [0.25, 0.3) is 0 Å². The fourth-order valence-corrected chi connectivity index (χ4v) is 3.36. The summed E-state index contributed by atoms with van der Waals surface area (Å²) in [5.41, 5.74) is 1.14. The second kappa shape index (κ2) is 5.96. The zero-order valence-corrected chi connectivity index (χ0v) is 11.6. The molecule has 1 heterocycles. The Morgan fingerprint density at radius 1 is 1.44 bits per heavy atom. The first-order chi connectivity index (χ1) is 8.72. The summed E-state index contributed by atoms with van der Waals surface area (Å²) >= 11 is 7.56. The summed E-state index contributed by atoms with van der Waals surface area (Å²) in [6.07, 6.45) is 0. The molecule has 0 aliphatic carbocycles. The van der Waals surface area contributed by atoms with Crippen molar-refractivity contribution < 1.29 is 4.79 Å². The molecule has 0 radical (unpaired) electrons. The van der Waals surface area contributed by atoms with Crippen molar-refractivity contribution in [2.24, 2.45) is 0 Å². The molecular weight excluding hydrogens is 284 g/mol. The van der Waals surface area contributed by atoms with E-state index in [1.54, 1.807) is 12.1 Å². The van der Waals surface area contributed by atoms with Crippen molar-refractivity contribution >= 4 is 41.3 Å². The summed E-state index contributed by atoms with van der Waals surface area (Å²) in [4.78, 5) is 11.9. The van der Waals surface area contributed by atoms with Crippen molar-refractivity contribution in [3.05, 3.63) is 45.3 Å². The number of aromatic amines is 1. The van der Waals surface area contributed by atoms with Gasteiger partial charge in [-0.05, 0) is 11.5 Å². The molecule has 1 N–H and O–H groups in total. The third kappa shape index (κ3) is 2.88. The van der Waals surface area contributed by atoms with E-state index < -0.39 is 0 Å². The number of nitrogens with one attached hydrogen (secondary N) is 1. The zero-order valence-electron chi connectivity index (χ0n) is 9.17. The van der Waals surface area contributed by atoms with E-state index >= 15 is 0 Å². The summed E-state index contributed by atoms with van der Waals surface area (Å²) in [7, 11) is 0. The quantitative estimate of drug-likeness (QED) is 0.531. The Morgan fingerprint density at radius 2 is 2.17 bits per heavy atom. The van der Waals surface area contributed by atoms with E-state index in [1.807, 2.05) is 18.2 Å². The number of Topliss-reactive ketones (excluding diaryl/α,β-unsaturated/α-hetero) is 1. The molecule has 0 aliphatic heterocycles. The average molecular weight is 292 g/mol. The Balaban J connectivity index is 2.07. The van der Waals surface area contributed by atoms with E-state index in [9.17, 15) is 4.79 Å². The van der Waals surface area contributed by atoms with E-state index in [4.69, 9.17) is 17.5 Å². The Labute approximate surface area is 118 Å². The second-order valence-electron chi connectivity index (χ2n) is 3.39. The molecule has 0 saturated heterocycles. The second-order valence-corrected chi connectivity index (χ2v) is 5.85. The summed E-state index contributed by atoms with van der Waals surface area (Å²) in [5.74, 6) is 0.329. The van der Waals surface area contributed by atoms with Gasteiger partial charge in [-0.25, -0.2) is 0 Å². The molecule has 0 amide bonds. The lowest BCUT2D eigenvalue weighted by Gasteiger charge is -1.99. The molecule has 3 nitrogen and oxygen atoms in total. The number of ketones is 1. The van der Waals surface area contributed by atoms with Crippen molar-refractivity contribution in [3.8, 4) is 6.07 Å². The number of benzene rings is 1. The molecule has 1 aromatic heterocycles. The molecule has 0 bridgehead atoms. The van der Waals surface area contributed by atoms with E-state index in [-0.39, 0.29) is 5.78 Å². The van der Waals surface area contributed by atoms with Crippen LogP contribution < -0.4 is 0 Å². The fraction of sp³-hybridized carbons (Fsp3) is 0.0833. The number of nitriles is 1. The Bertz CT molecular complexity index is 652. The number of hydrogen-bond donors (Lipinski definition) is 1. The first-order valence-electron chi connectivity index (χ1n) is 5.05. The molecule has 6 heteroatoms. The molecule has 1 aromatic carbocycles. The summed E-state index contributed by atoms with van der Waals surface area (Å²) in [6.45, 7) is 0. The van der Waals surface area contributed by atoms with Crippen LogP contribution in [0.15, 0.2) is 35.4 Å². The lowest BCUT2D eigenvalue weighted by Crippen LogP contribution is -2.01. The molecule has 0 spiro atoms. The number of carbonyl (C=O) groups excluding carboxylic acids is 1. The highest BCUT2D eigenvalue weighted by Crippen LogP contribution is 2.24. The van der Waals surface area contributed by atoms with E-state index in [1.165, 1.54) is 23.3 Å². The smallest absolute Gasteiger partial charge is 0.173 e. The van der Waals surface area contributed by atoms with E-state index in [0.717, 1.165) is 0 Å². The number of aromatic nitrogens is 1. The van der Waals surface area contributed by atoms with Crippen LogP contribution in [0.25, 0.3) is 0 Å². The first-order valence-corrected chi connectivity index (χ1v) is 7.26. The predicted octanol–water partition coefficient (Wildman–Crippen LogP) is 3.65. The lowest BCUT2D eigenvalue weighted by molar-refractivity contribution is 0.102. The van der Waals surface area contributed by atoms with Crippen LogP contribution in [0.1, 0.15) is 15.9 Å². The van der Waals surface area contributed by atoms with Gasteiger partial charge < -0.3 is 4.37 Å². The van der Waals surface area contributed by atoms with E-state index in [0.29, 0.717) is 25.7 Å². The van der Waals surface area contributed by atoms with Crippen LogP contribution in [0.5, 0.6) is 0 Å². The minimum Gasteiger partial charge on any atom is -0.303 e.